The molecule has 0 atom stereocenters. The molecular weight excluding hydrogens is 372 g/mol. The predicted molar refractivity (Wildman–Crippen MR) is 112 cm³/mol. The van der Waals surface area contributed by atoms with E-state index in [4.69, 9.17) is 4.74 Å². The van der Waals surface area contributed by atoms with Gasteiger partial charge in [0.05, 0.1) is 18.6 Å². The summed E-state index contributed by atoms with van der Waals surface area (Å²) < 4.78 is 7.10. The van der Waals surface area contributed by atoms with Gasteiger partial charge >= 0.3 is 0 Å². The predicted octanol–water partition coefficient (Wildman–Crippen LogP) is 4.35. The van der Waals surface area contributed by atoms with E-state index in [-0.39, 0.29) is 11.7 Å². The number of benzene rings is 2. The van der Waals surface area contributed by atoms with Crippen LogP contribution in [0.2, 0.25) is 0 Å². The number of anilines is 1. The van der Waals surface area contributed by atoms with E-state index in [9.17, 15) is 4.79 Å². The van der Waals surface area contributed by atoms with Gasteiger partial charge in [0.1, 0.15) is 12.1 Å². The molecule has 0 unspecified atom stereocenters. The minimum atomic E-state index is -0.0773. The van der Waals surface area contributed by atoms with Crippen molar-refractivity contribution in [2.45, 2.75) is 31.3 Å². The fraction of sp³-hybridized carbons (Fsp3) is 0.286. The van der Waals surface area contributed by atoms with Gasteiger partial charge in [-0.15, -0.1) is 10.2 Å². The second kappa shape index (κ2) is 9.94. The SMILES string of the molecule is CCCCc1ccc(NC(=O)CSc2nncn2-c2cccc(OC)c2)cc1. The molecule has 0 fully saturated rings. The number of hydrogen-bond donors (Lipinski definition) is 1. The average Bonchev–Trinajstić information content (AvgIpc) is 3.20. The summed E-state index contributed by atoms with van der Waals surface area (Å²) in [5.74, 6) is 0.925. The highest BCUT2D eigenvalue weighted by molar-refractivity contribution is 7.99. The van der Waals surface area contributed by atoms with Crippen LogP contribution in [0.15, 0.2) is 60.0 Å². The van der Waals surface area contributed by atoms with E-state index in [2.05, 4.69) is 34.6 Å². The van der Waals surface area contributed by atoms with Crippen molar-refractivity contribution in [3.8, 4) is 11.4 Å². The molecular formula is C21H24N4O2S. The van der Waals surface area contributed by atoms with Crippen LogP contribution in [0.4, 0.5) is 5.69 Å². The lowest BCUT2D eigenvalue weighted by Gasteiger charge is -2.09. The third-order valence-electron chi connectivity index (χ3n) is 4.24. The van der Waals surface area contributed by atoms with Crippen LogP contribution in [-0.2, 0) is 11.2 Å². The standard InChI is InChI=1S/C21H24N4O2S/c1-3-4-6-16-9-11-17(12-10-16)23-20(26)14-28-21-24-22-15-25(21)18-7-5-8-19(13-18)27-2/h5,7-13,15H,3-4,6,14H2,1-2H3,(H,23,26). The zero-order valence-electron chi connectivity index (χ0n) is 16.1. The first kappa shape index (κ1) is 19.9. The number of amides is 1. The summed E-state index contributed by atoms with van der Waals surface area (Å²) in [5.41, 5.74) is 2.98. The van der Waals surface area contributed by atoms with Crippen molar-refractivity contribution in [3.63, 3.8) is 0 Å². The van der Waals surface area contributed by atoms with E-state index < -0.39 is 0 Å². The minimum Gasteiger partial charge on any atom is -0.497 e. The van der Waals surface area contributed by atoms with Crippen LogP contribution < -0.4 is 10.1 Å². The normalized spacial score (nSPS) is 10.6. The zero-order chi connectivity index (χ0) is 19.8. The Balaban J connectivity index is 1.57. The molecule has 0 aliphatic carbocycles. The number of aryl methyl sites for hydroxylation is 1. The molecule has 0 aliphatic rings. The molecule has 1 amide bonds. The van der Waals surface area contributed by atoms with Gasteiger partial charge in [0.2, 0.25) is 5.91 Å². The Morgan fingerprint density at radius 3 is 2.79 bits per heavy atom. The fourth-order valence-electron chi connectivity index (χ4n) is 2.72. The van der Waals surface area contributed by atoms with Gasteiger partial charge < -0.3 is 10.1 Å². The number of rotatable bonds is 9. The van der Waals surface area contributed by atoms with E-state index in [0.29, 0.717) is 5.16 Å². The van der Waals surface area contributed by atoms with Gasteiger partial charge in [0.15, 0.2) is 5.16 Å². The smallest absolute Gasteiger partial charge is 0.234 e. The quantitative estimate of drug-likeness (QED) is 0.545. The minimum absolute atomic E-state index is 0.0773. The first-order valence-corrected chi connectivity index (χ1v) is 10.2. The van der Waals surface area contributed by atoms with E-state index in [0.717, 1.165) is 23.5 Å². The molecule has 0 radical (unpaired) electrons. The van der Waals surface area contributed by atoms with Crippen LogP contribution in [0.3, 0.4) is 0 Å². The lowest BCUT2D eigenvalue weighted by Crippen LogP contribution is -2.14. The van der Waals surface area contributed by atoms with Crippen molar-refractivity contribution in [2.24, 2.45) is 0 Å². The number of thioether (sulfide) groups is 1. The Morgan fingerprint density at radius 2 is 2.04 bits per heavy atom. The highest BCUT2D eigenvalue weighted by Crippen LogP contribution is 2.22. The molecule has 3 rings (SSSR count). The molecule has 1 N–H and O–H groups in total. The number of nitrogens with zero attached hydrogens (tertiary/aromatic N) is 3. The largest absolute Gasteiger partial charge is 0.497 e. The van der Waals surface area contributed by atoms with Gasteiger partial charge in [-0.05, 0) is 42.7 Å². The van der Waals surface area contributed by atoms with Crippen molar-refractivity contribution in [1.29, 1.82) is 0 Å². The number of carbonyl (C=O) groups is 1. The Bertz CT molecular complexity index is 909. The van der Waals surface area contributed by atoms with Gasteiger partial charge in [0, 0.05) is 11.8 Å². The number of aromatic nitrogens is 3. The molecule has 0 aliphatic heterocycles. The first-order valence-electron chi connectivity index (χ1n) is 9.25. The van der Waals surface area contributed by atoms with Crippen LogP contribution in [0.1, 0.15) is 25.3 Å². The summed E-state index contributed by atoms with van der Waals surface area (Å²) >= 11 is 1.34. The summed E-state index contributed by atoms with van der Waals surface area (Å²) in [6.07, 6.45) is 5.05. The number of ether oxygens (including phenoxy) is 1. The highest BCUT2D eigenvalue weighted by atomic mass is 32.2. The van der Waals surface area contributed by atoms with Crippen LogP contribution in [0.25, 0.3) is 5.69 Å². The summed E-state index contributed by atoms with van der Waals surface area (Å²) in [4.78, 5) is 12.3. The Morgan fingerprint density at radius 1 is 1.21 bits per heavy atom. The number of unbranched alkanes of at least 4 members (excludes halogenated alkanes) is 1. The molecule has 146 valence electrons. The topological polar surface area (TPSA) is 69.0 Å². The van der Waals surface area contributed by atoms with E-state index in [1.54, 1.807) is 13.4 Å². The average molecular weight is 397 g/mol. The van der Waals surface area contributed by atoms with Crippen molar-refractivity contribution in [3.05, 3.63) is 60.4 Å². The lowest BCUT2D eigenvalue weighted by molar-refractivity contribution is -0.113. The fourth-order valence-corrected chi connectivity index (χ4v) is 3.45. The Hall–Kier alpha value is -2.80. The molecule has 28 heavy (non-hydrogen) atoms. The van der Waals surface area contributed by atoms with Gasteiger partial charge in [-0.3, -0.25) is 9.36 Å². The molecule has 6 nitrogen and oxygen atoms in total. The summed E-state index contributed by atoms with van der Waals surface area (Å²) in [7, 11) is 1.63. The maximum Gasteiger partial charge on any atom is 0.234 e. The van der Waals surface area contributed by atoms with Gasteiger partial charge in [-0.25, -0.2) is 0 Å². The molecule has 2 aromatic carbocycles. The van der Waals surface area contributed by atoms with E-state index in [1.165, 1.54) is 30.2 Å². The van der Waals surface area contributed by atoms with Gasteiger partial charge in [-0.2, -0.15) is 0 Å². The molecule has 3 aromatic rings. The number of methoxy groups -OCH3 is 1. The Labute approximate surface area is 169 Å². The third-order valence-corrected chi connectivity index (χ3v) is 5.18. The van der Waals surface area contributed by atoms with Gasteiger partial charge in [0.25, 0.3) is 0 Å². The first-order chi connectivity index (χ1) is 13.7. The molecule has 0 saturated heterocycles. The van der Waals surface area contributed by atoms with Crippen molar-refractivity contribution < 1.29 is 9.53 Å². The third kappa shape index (κ3) is 5.36. The molecule has 1 aromatic heterocycles. The zero-order valence-corrected chi connectivity index (χ0v) is 16.9. The molecule has 1 heterocycles. The van der Waals surface area contributed by atoms with Crippen molar-refractivity contribution >= 4 is 23.4 Å². The monoisotopic (exact) mass is 396 g/mol. The van der Waals surface area contributed by atoms with E-state index in [1.807, 2.05) is 41.0 Å². The molecule has 0 spiro atoms. The van der Waals surface area contributed by atoms with Crippen LogP contribution in [0, 0.1) is 0 Å². The summed E-state index contributed by atoms with van der Waals surface area (Å²) in [6, 6.07) is 15.7. The van der Waals surface area contributed by atoms with Gasteiger partial charge in [-0.1, -0.05) is 43.3 Å². The highest BCUT2D eigenvalue weighted by Gasteiger charge is 2.11. The lowest BCUT2D eigenvalue weighted by atomic mass is 10.1. The van der Waals surface area contributed by atoms with Crippen LogP contribution in [-0.4, -0.2) is 33.5 Å². The number of carbonyl (C=O) groups excluding carboxylic acids is 1. The number of nitrogens with one attached hydrogen (secondary N) is 1. The summed E-state index contributed by atoms with van der Waals surface area (Å²) in [6.45, 7) is 2.18. The van der Waals surface area contributed by atoms with Crippen LogP contribution in [0.5, 0.6) is 5.75 Å². The second-order valence-electron chi connectivity index (χ2n) is 6.32. The maximum atomic E-state index is 12.3. The maximum absolute atomic E-state index is 12.3. The van der Waals surface area contributed by atoms with E-state index >= 15 is 0 Å². The number of hydrogen-bond acceptors (Lipinski definition) is 5. The second-order valence-corrected chi connectivity index (χ2v) is 7.26. The molecule has 7 heteroatoms. The molecule has 0 bridgehead atoms. The van der Waals surface area contributed by atoms with Crippen molar-refractivity contribution in [1.82, 2.24) is 14.8 Å². The van der Waals surface area contributed by atoms with Crippen LogP contribution >= 0.6 is 11.8 Å². The Kier molecular flexibility index (Phi) is 7.08. The van der Waals surface area contributed by atoms with Crippen molar-refractivity contribution in [2.75, 3.05) is 18.2 Å². The summed E-state index contributed by atoms with van der Waals surface area (Å²) in [5, 5.41) is 11.7. The molecule has 0 saturated carbocycles.